The van der Waals surface area contributed by atoms with E-state index in [1.807, 2.05) is 24.5 Å². The average Bonchev–Trinajstić information content (AvgIpc) is 3.16. The molecule has 1 aliphatic heterocycles. The molecule has 48 heavy (non-hydrogen) atoms. The van der Waals surface area contributed by atoms with Crippen molar-refractivity contribution in [3.05, 3.63) is 193 Å². The second-order valence-corrected chi connectivity index (χ2v) is 12.0. The normalized spacial score (nSPS) is 14.6. The topological polar surface area (TPSA) is 50.5 Å². The van der Waals surface area contributed by atoms with Crippen LogP contribution in [0.2, 0.25) is 0 Å². The van der Waals surface area contributed by atoms with Crippen molar-refractivity contribution in [1.29, 1.82) is 0 Å². The molecular formula is C44H28N4. The summed E-state index contributed by atoms with van der Waals surface area (Å²) >= 11 is 0. The number of aromatic nitrogens is 2. The molecule has 0 radical (unpaired) electrons. The van der Waals surface area contributed by atoms with Gasteiger partial charge >= 0.3 is 0 Å². The predicted octanol–water partition coefficient (Wildman–Crippen LogP) is 10.8. The fraction of sp³-hybridized carbons (Fsp3) is 0. The van der Waals surface area contributed by atoms with Crippen LogP contribution in [0.5, 0.6) is 0 Å². The van der Waals surface area contributed by atoms with Gasteiger partial charge in [0, 0.05) is 47.0 Å². The zero-order valence-electron chi connectivity index (χ0n) is 26.0. The third-order valence-electron chi connectivity index (χ3n) is 9.01. The summed E-state index contributed by atoms with van der Waals surface area (Å²) in [6.07, 6.45) is 7.39. The molecule has 2 aromatic heterocycles. The van der Waals surface area contributed by atoms with Gasteiger partial charge in [-0.15, -0.1) is 0 Å². The highest BCUT2D eigenvalue weighted by Crippen LogP contribution is 2.38. The van der Waals surface area contributed by atoms with E-state index in [0.29, 0.717) is 0 Å². The maximum absolute atomic E-state index is 5.53. The highest BCUT2D eigenvalue weighted by Gasteiger charge is 2.22. The third-order valence-corrected chi connectivity index (χ3v) is 9.01. The number of fused-ring (bicyclic) bond motifs is 4. The molecule has 8 aromatic rings. The van der Waals surface area contributed by atoms with Crippen LogP contribution in [0.4, 0.5) is 11.4 Å². The number of nitrogens with zero attached hydrogens (tertiary/aromatic N) is 4. The van der Waals surface area contributed by atoms with Gasteiger partial charge in [-0.1, -0.05) is 109 Å². The van der Waals surface area contributed by atoms with Crippen molar-refractivity contribution in [3.8, 4) is 22.3 Å². The minimum Gasteiger partial charge on any atom is -0.264 e. The molecule has 0 bridgehead atoms. The van der Waals surface area contributed by atoms with Crippen LogP contribution in [0.3, 0.4) is 0 Å². The van der Waals surface area contributed by atoms with E-state index in [9.17, 15) is 0 Å². The smallest absolute Gasteiger partial charge is 0.0803 e. The lowest BCUT2D eigenvalue weighted by molar-refractivity contribution is 1.33. The first-order valence-electron chi connectivity index (χ1n) is 16.0. The van der Waals surface area contributed by atoms with Gasteiger partial charge in [-0.2, -0.15) is 0 Å². The summed E-state index contributed by atoms with van der Waals surface area (Å²) in [5, 5.41) is 4.56. The van der Waals surface area contributed by atoms with Crippen molar-refractivity contribution in [2.45, 2.75) is 0 Å². The van der Waals surface area contributed by atoms with Gasteiger partial charge < -0.3 is 0 Å². The molecule has 1 aliphatic rings. The Balaban J connectivity index is 1.29. The molecular weight excluding hydrogens is 585 g/mol. The van der Waals surface area contributed by atoms with Crippen molar-refractivity contribution in [1.82, 2.24) is 9.97 Å². The Labute approximate surface area is 278 Å². The molecule has 0 spiro atoms. The van der Waals surface area contributed by atoms with Crippen LogP contribution in [0.25, 0.3) is 43.8 Å². The summed E-state index contributed by atoms with van der Waals surface area (Å²) in [5.41, 5.74) is 12.0. The Bertz CT molecular complexity index is 2340. The predicted molar refractivity (Wildman–Crippen MR) is 198 cm³/mol. The van der Waals surface area contributed by atoms with Crippen LogP contribution < -0.4 is 0 Å². The van der Waals surface area contributed by atoms with E-state index in [1.165, 1.54) is 0 Å². The quantitative estimate of drug-likeness (QED) is 0.199. The van der Waals surface area contributed by atoms with Gasteiger partial charge in [-0.3, -0.25) is 9.97 Å². The Morgan fingerprint density at radius 1 is 0.312 bits per heavy atom. The molecule has 0 atom stereocenters. The fourth-order valence-electron chi connectivity index (χ4n) is 6.53. The zero-order valence-corrected chi connectivity index (χ0v) is 26.0. The number of pyridine rings is 2. The van der Waals surface area contributed by atoms with Gasteiger partial charge in [0.25, 0.3) is 0 Å². The minimum absolute atomic E-state index is 0.883. The second-order valence-electron chi connectivity index (χ2n) is 12.0. The van der Waals surface area contributed by atoms with Gasteiger partial charge in [0.15, 0.2) is 0 Å². The van der Waals surface area contributed by atoms with E-state index in [1.54, 1.807) is 12.4 Å². The zero-order chi connectivity index (χ0) is 31.9. The first-order valence-corrected chi connectivity index (χ1v) is 16.0. The number of benzene rings is 6. The van der Waals surface area contributed by atoms with Gasteiger partial charge in [-0.25, -0.2) is 9.98 Å². The Kier molecular flexibility index (Phi) is 6.76. The van der Waals surface area contributed by atoms with Crippen molar-refractivity contribution in [2.24, 2.45) is 9.98 Å². The standard InChI is InChI=1S/C44H28N4/c1-3-9-35-25-41-39(23-33(35)7-1)43(31-17-13-29(14-18-31)37-11-5-21-45-27-37)48-42-26-36-10-4-2-8-34(36)24-40(42)44(47-41)32-19-15-30(16-20-32)38-12-6-22-46-28-38/h1-28H/b43-39?,44-40?,47-41?,47-44-,48-42?,48-43-. The van der Waals surface area contributed by atoms with Crippen LogP contribution in [-0.2, 0) is 0 Å². The number of hydrogen-bond acceptors (Lipinski definition) is 4. The highest BCUT2D eigenvalue weighted by molar-refractivity contribution is 6.24. The molecule has 4 heteroatoms. The van der Waals surface area contributed by atoms with Crippen molar-refractivity contribution in [2.75, 3.05) is 0 Å². The van der Waals surface area contributed by atoms with E-state index in [0.717, 1.165) is 88.9 Å². The van der Waals surface area contributed by atoms with Crippen LogP contribution in [-0.4, -0.2) is 21.4 Å². The third kappa shape index (κ3) is 5.06. The number of aliphatic imine (C=N–C) groups is 2. The van der Waals surface area contributed by atoms with E-state index < -0.39 is 0 Å². The maximum Gasteiger partial charge on any atom is 0.0803 e. The molecule has 0 aliphatic carbocycles. The molecule has 4 nitrogen and oxygen atoms in total. The largest absolute Gasteiger partial charge is 0.264 e. The van der Waals surface area contributed by atoms with E-state index in [-0.39, 0.29) is 0 Å². The Morgan fingerprint density at radius 2 is 0.688 bits per heavy atom. The lowest BCUT2D eigenvalue weighted by Crippen LogP contribution is -2.10. The number of rotatable bonds is 4. The summed E-state index contributed by atoms with van der Waals surface area (Å²) < 4.78 is 0. The van der Waals surface area contributed by atoms with Crippen molar-refractivity contribution < 1.29 is 0 Å². The van der Waals surface area contributed by atoms with E-state index >= 15 is 0 Å². The summed E-state index contributed by atoms with van der Waals surface area (Å²) in [4.78, 5) is 19.7. The van der Waals surface area contributed by atoms with Crippen LogP contribution in [0.1, 0.15) is 22.3 Å². The van der Waals surface area contributed by atoms with Gasteiger partial charge in [0.1, 0.15) is 0 Å². The first-order chi connectivity index (χ1) is 23.8. The first kappa shape index (κ1) is 27.8. The fourth-order valence-corrected chi connectivity index (χ4v) is 6.53. The molecule has 224 valence electrons. The molecule has 0 unspecified atom stereocenters. The lowest BCUT2D eigenvalue weighted by atomic mass is 9.92. The molecule has 9 rings (SSSR count). The second kappa shape index (κ2) is 11.7. The molecule has 6 aromatic carbocycles. The lowest BCUT2D eigenvalue weighted by Gasteiger charge is -2.20. The highest BCUT2D eigenvalue weighted by atomic mass is 14.8. The molecule has 0 amide bonds. The van der Waals surface area contributed by atoms with Gasteiger partial charge in [0.2, 0.25) is 0 Å². The van der Waals surface area contributed by atoms with Gasteiger partial charge in [0.05, 0.1) is 22.8 Å². The minimum atomic E-state index is 0.883. The summed E-state index contributed by atoms with van der Waals surface area (Å²) in [6.45, 7) is 0. The summed E-state index contributed by atoms with van der Waals surface area (Å²) in [5.74, 6) is 0. The average molecular weight is 613 g/mol. The monoisotopic (exact) mass is 612 g/mol. The SMILES string of the molecule is c1cncc(-c2ccc(/C3=N/c4cc5ccccc5cc4/C(c4ccc(-c5cccnc5)cc4)=N\c4cc5ccccc5cc43)cc2)c1. The molecule has 0 fully saturated rings. The maximum atomic E-state index is 5.53. The number of hydrogen-bond donors (Lipinski definition) is 0. The van der Waals surface area contributed by atoms with Crippen molar-refractivity contribution in [3.63, 3.8) is 0 Å². The van der Waals surface area contributed by atoms with Gasteiger partial charge in [-0.05, 0) is 80.2 Å². The molecule has 3 heterocycles. The van der Waals surface area contributed by atoms with E-state index in [4.69, 9.17) is 9.98 Å². The Hall–Kier alpha value is -6.52. The molecule has 0 N–H and O–H groups in total. The van der Waals surface area contributed by atoms with Crippen LogP contribution >= 0.6 is 0 Å². The van der Waals surface area contributed by atoms with Crippen LogP contribution in [0.15, 0.2) is 180 Å². The van der Waals surface area contributed by atoms with Crippen LogP contribution in [0, 0.1) is 0 Å². The summed E-state index contributed by atoms with van der Waals surface area (Å²) in [7, 11) is 0. The molecule has 0 saturated carbocycles. The van der Waals surface area contributed by atoms with E-state index in [2.05, 4.69) is 143 Å². The summed E-state index contributed by atoms with van der Waals surface area (Å²) in [6, 6.07) is 51.1. The van der Waals surface area contributed by atoms with Crippen molar-refractivity contribution >= 4 is 44.3 Å². The molecule has 0 saturated heterocycles. The Morgan fingerprint density at radius 3 is 1.06 bits per heavy atom.